The van der Waals surface area contributed by atoms with Gasteiger partial charge < -0.3 is 5.32 Å². The second-order valence-corrected chi connectivity index (χ2v) is 5.34. The summed E-state index contributed by atoms with van der Waals surface area (Å²) in [6.07, 6.45) is 2.88. The zero-order valence-corrected chi connectivity index (χ0v) is 11.2. The van der Waals surface area contributed by atoms with E-state index in [0.29, 0.717) is 13.0 Å². The van der Waals surface area contributed by atoms with Crippen LogP contribution in [0.25, 0.3) is 0 Å². The molecule has 0 unspecified atom stereocenters. The van der Waals surface area contributed by atoms with E-state index in [9.17, 15) is 14.9 Å². The molecule has 1 amide bonds. The third-order valence-corrected chi connectivity index (χ3v) is 3.21. The molecule has 0 aliphatic heterocycles. The van der Waals surface area contributed by atoms with Crippen LogP contribution in [0, 0.1) is 10.1 Å². The van der Waals surface area contributed by atoms with Gasteiger partial charge in [-0.2, -0.15) is 0 Å². The number of thiazole rings is 1. The minimum Gasteiger partial charge on any atom is -0.361 e. The van der Waals surface area contributed by atoms with Gasteiger partial charge in [-0.25, -0.2) is 4.98 Å². The van der Waals surface area contributed by atoms with Crippen LogP contribution in [0.3, 0.4) is 0 Å². The molecule has 0 saturated carbocycles. The smallest absolute Gasteiger partial charge is 0.274 e. The third kappa shape index (κ3) is 4.49. The Morgan fingerprint density at radius 2 is 2.53 bits per heavy atom. The largest absolute Gasteiger partial charge is 0.361 e. The van der Waals surface area contributed by atoms with Crippen LogP contribution >= 0.6 is 27.3 Å². The molecule has 1 N–H and O–H groups in total. The number of aromatic nitrogens is 1. The van der Waals surface area contributed by atoms with Crippen LogP contribution in [0.5, 0.6) is 0 Å². The minimum absolute atomic E-state index is 0.120. The van der Waals surface area contributed by atoms with Crippen molar-refractivity contribution in [2.24, 2.45) is 0 Å². The Kier molecular flexibility index (Phi) is 5.04. The standard InChI is InChI=1S/C8H9BrN4O3S/c1-12(5-14)7(4-13(15)16)10-2-6-3-11-8(9)17-6/h3-5,10H,2H2,1H3. The number of hydrogen-bond donors (Lipinski definition) is 1. The SMILES string of the molecule is CN(C=O)C(=C[N+](=O)[O-])NCc1cnc(Br)s1. The summed E-state index contributed by atoms with van der Waals surface area (Å²) < 4.78 is 0.734. The molecule has 1 heterocycles. The van der Waals surface area contributed by atoms with Crippen LogP contribution in [-0.2, 0) is 11.3 Å². The summed E-state index contributed by atoms with van der Waals surface area (Å²) in [6.45, 7) is 0.362. The highest BCUT2D eigenvalue weighted by molar-refractivity contribution is 9.11. The summed E-state index contributed by atoms with van der Waals surface area (Å²) in [5.74, 6) is 0.120. The number of carbonyl (C=O) groups excluding carboxylic acids is 1. The Morgan fingerprint density at radius 1 is 1.82 bits per heavy atom. The Morgan fingerprint density at radius 3 is 3.00 bits per heavy atom. The van der Waals surface area contributed by atoms with E-state index in [-0.39, 0.29) is 5.82 Å². The number of hydrogen-bond acceptors (Lipinski definition) is 6. The van der Waals surface area contributed by atoms with Crippen molar-refractivity contribution in [2.75, 3.05) is 7.05 Å². The first kappa shape index (κ1) is 13.6. The number of nitro groups is 1. The van der Waals surface area contributed by atoms with Crippen LogP contribution in [0.2, 0.25) is 0 Å². The van der Waals surface area contributed by atoms with Crippen molar-refractivity contribution >= 4 is 33.7 Å². The van der Waals surface area contributed by atoms with Crippen molar-refractivity contribution in [3.05, 3.63) is 37.1 Å². The molecule has 0 aliphatic rings. The highest BCUT2D eigenvalue weighted by Crippen LogP contribution is 2.18. The van der Waals surface area contributed by atoms with Gasteiger partial charge in [-0.3, -0.25) is 19.8 Å². The van der Waals surface area contributed by atoms with Crippen LogP contribution < -0.4 is 5.32 Å². The van der Waals surface area contributed by atoms with Gasteiger partial charge in [-0.15, -0.1) is 11.3 Å². The molecule has 9 heteroatoms. The number of nitrogens with zero attached hydrogens (tertiary/aromatic N) is 3. The van der Waals surface area contributed by atoms with Gasteiger partial charge in [-0.05, 0) is 15.9 Å². The fourth-order valence-electron chi connectivity index (χ4n) is 0.961. The first-order valence-corrected chi connectivity index (χ1v) is 6.01. The maximum atomic E-state index is 10.5. The third-order valence-electron chi connectivity index (χ3n) is 1.73. The number of halogens is 1. The van der Waals surface area contributed by atoms with Crippen LogP contribution in [0.1, 0.15) is 4.88 Å². The molecule has 0 bridgehead atoms. The van der Waals surface area contributed by atoms with E-state index in [0.717, 1.165) is 19.9 Å². The van der Waals surface area contributed by atoms with Crippen LogP contribution in [0.4, 0.5) is 0 Å². The molecule has 1 aromatic rings. The van der Waals surface area contributed by atoms with Gasteiger partial charge in [0, 0.05) is 18.1 Å². The van der Waals surface area contributed by atoms with Crippen molar-refractivity contribution in [3.8, 4) is 0 Å². The van der Waals surface area contributed by atoms with Crippen molar-refractivity contribution in [1.29, 1.82) is 0 Å². The van der Waals surface area contributed by atoms with E-state index in [2.05, 4.69) is 26.2 Å². The Bertz CT molecular complexity index is 448. The predicted octanol–water partition coefficient (Wildman–Crippen LogP) is 1.16. The molecular weight excluding hydrogens is 312 g/mol. The molecule has 0 spiro atoms. The second-order valence-electron chi connectivity index (χ2n) is 2.95. The van der Waals surface area contributed by atoms with Crippen LogP contribution in [-0.4, -0.2) is 28.3 Å². The van der Waals surface area contributed by atoms with Crippen molar-refractivity contribution < 1.29 is 9.72 Å². The molecule has 1 rings (SSSR count). The fraction of sp³-hybridized carbons (Fsp3) is 0.250. The maximum absolute atomic E-state index is 10.5. The normalized spacial score (nSPS) is 11.1. The van der Waals surface area contributed by atoms with E-state index in [1.807, 2.05) is 0 Å². The van der Waals surface area contributed by atoms with E-state index in [4.69, 9.17) is 0 Å². The van der Waals surface area contributed by atoms with E-state index in [1.54, 1.807) is 6.20 Å². The lowest BCUT2D eigenvalue weighted by Gasteiger charge is -2.14. The molecule has 0 atom stereocenters. The van der Waals surface area contributed by atoms with Crippen molar-refractivity contribution in [1.82, 2.24) is 15.2 Å². The molecule has 0 saturated heterocycles. The van der Waals surface area contributed by atoms with Gasteiger partial charge in [0.15, 0.2) is 9.74 Å². The average Bonchev–Trinajstić information content (AvgIpc) is 2.68. The van der Waals surface area contributed by atoms with E-state index in [1.165, 1.54) is 18.4 Å². The zero-order chi connectivity index (χ0) is 12.8. The summed E-state index contributed by atoms with van der Waals surface area (Å²) in [5.41, 5.74) is 0. The summed E-state index contributed by atoms with van der Waals surface area (Å²) in [6, 6.07) is 0. The number of nitrogens with one attached hydrogen (secondary N) is 1. The summed E-state index contributed by atoms with van der Waals surface area (Å²) in [5, 5.41) is 13.2. The van der Waals surface area contributed by atoms with Gasteiger partial charge in [0.25, 0.3) is 6.20 Å². The highest BCUT2D eigenvalue weighted by Gasteiger charge is 2.09. The highest BCUT2D eigenvalue weighted by atomic mass is 79.9. The predicted molar refractivity (Wildman–Crippen MR) is 65.6 cm³/mol. The van der Waals surface area contributed by atoms with Gasteiger partial charge in [-0.1, -0.05) is 0 Å². The molecule has 0 fully saturated rings. The Balaban J connectivity index is 2.67. The van der Waals surface area contributed by atoms with Crippen molar-refractivity contribution in [2.45, 2.75) is 6.54 Å². The Hall–Kier alpha value is -1.48. The van der Waals surface area contributed by atoms with E-state index < -0.39 is 4.92 Å². The quantitative estimate of drug-likeness (QED) is 0.482. The fourth-order valence-corrected chi connectivity index (χ4v) is 2.26. The van der Waals surface area contributed by atoms with Gasteiger partial charge in [0.2, 0.25) is 6.41 Å². The monoisotopic (exact) mass is 320 g/mol. The van der Waals surface area contributed by atoms with Crippen LogP contribution in [0.15, 0.2) is 22.1 Å². The first-order chi connectivity index (χ1) is 8.02. The maximum Gasteiger partial charge on any atom is 0.274 e. The molecule has 17 heavy (non-hydrogen) atoms. The molecule has 7 nitrogen and oxygen atoms in total. The summed E-state index contributed by atoms with van der Waals surface area (Å²) in [4.78, 5) is 26.3. The zero-order valence-electron chi connectivity index (χ0n) is 8.79. The average molecular weight is 321 g/mol. The molecule has 1 aromatic heterocycles. The van der Waals surface area contributed by atoms with E-state index >= 15 is 0 Å². The van der Waals surface area contributed by atoms with Gasteiger partial charge >= 0.3 is 0 Å². The lowest BCUT2D eigenvalue weighted by molar-refractivity contribution is -0.404. The molecular formula is C8H9BrN4O3S. The molecule has 92 valence electrons. The lowest BCUT2D eigenvalue weighted by Crippen LogP contribution is -2.28. The molecule has 0 aliphatic carbocycles. The number of carbonyl (C=O) groups is 1. The topological polar surface area (TPSA) is 88.4 Å². The first-order valence-electron chi connectivity index (χ1n) is 4.40. The number of rotatable bonds is 6. The lowest BCUT2D eigenvalue weighted by atomic mass is 10.5. The second kappa shape index (κ2) is 6.30. The van der Waals surface area contributed by atoms with Gasteiger partial charge in [0.05, 0.1) is 11.5 Å². The minimum atomic E-state index is -0.620. The van der Waals surface area contributed by atoms with Gasteiger partial charge in [0.1, 0.15) is 0 Å². The number of amides is 1. The molecule has 0 aromatic carbocycles. The molecule has 0 radical (unpaired) electrons. The summed E-state index contributed by atoms with van der Waals surface area (Å²) in [7, 11) is 1.43. The van der Waals surface area contributed by atoms with Crippen molar-refractivity contribution in [3.63, 3.8) is 0 Å². The Labute approximate surface area is 109 Å². The summed E-state index contributed by atoms with van der Waals surface area (Å²) >= 11 is 4.62.